The number of aromatic nitrogens is 3. The fraction of sp³-hybridized carbons (Fsp3) is 0.500. The molecule has 1 N–H and O–H groups in total. The van der Waals surface area contributed by atoms with Crippen molar-refractivity contribution >= 4 is 11.8 Å². The molecule has 1 aromatic heterocycles. The van der Waals surface area contributed by atoms with E-state index in [0.29, 0.717) is 13.2 Å². The van der Waals surface area contributed by atoms with Gasteiger partial charge in [0.05, 0.1) is 12.6 Å². The van der Waals surface area contributed by atoms with Crippen molar-refractivity contribution in [3.05, 3.63) is 41.5 Å². The highest BCUT2D eigenvalue weighted by molar-refractivity contribution is 5.89. The zero-order valence-corrected chi connectivity index (χ0v) is 14.6. The van der Waals surface area contributed by atoms with E-state index in [2.05, 4.69) is 34.5 Å². The second-order valence-corrected chi connectivity index (χ2v) is 6.68. The fourth-order valence-corrected chi connectivity index (χ4v) is 3.61. The molecule has 0 unspecified atom stereocenters. The molecule has 0 radical (unpaired) electrons. The van der Waals surface area contributed by atoms with E-state index < -0.39 is 0 Å². The minimum absolute atomic E-state index is 0.145. The van der Waals surface area contributed by atoms with Crippen molar-refractivity contribution in [1.82, 2.24) is 20.1 Å². The number of cyclic esters (lactones) is 1. The van der Waals surface area contributed by atoms with Crippen LogP contribution in [0, 0.1) is 6.92 Å². The van der Waals surface area contributed by atoms with Crippen LogP contribution in [0.2, 0.25) is 0 Å². The summed E-state index contributed by atoms with van der Waals surface area (Å²) in [6, 6.07) is 8.42. The number of aryl methyl sites for hydroxylation is 2. The monoisotopic (exact) mass is 341 g/mol. The van der Waals surface area contributed by atoms with Gasteiger partial charge in [0, 0.05) is 18.3 Å². The fourth-order valence-electron chi connectivity index (χ4n) is 3.61. The number of amides is 1. The molecular weight excluding hydrogens is 318 g/mol. The van der Waals surface area contributed by atoms with Gasteiger partial charge in [-0.2, -0.15) is 5.10 Å². The minimum Gasteiger partial charge on any atom is -0.447 e. The predicted molar refractivity (Wildman–Crippen MR) is 93.4 cm³/mol. The second-order valence-electron chi connectivity index (χ2n) is 6.68. The van der Waals surface area contributed by atoms with Gasteiger partial charge >= 0.3 is 6.09 Å². The van der Waals surface area contributed by atoms with Crippen LogP contribution in [0.5, 0.6) is 0 Å². The Hall–Kier alpha value is -2.41. The highest BCUT2D eigenvalue weighted by Gasteiger charge is 2.26. The van der Waals surface area contributed by atoms with Gasteiger partial charge in [-0.25, -0.2) is 14.5 Å². The summed E-state index contributed by atoms with van der Waals surface area (Å²) >= 11 is 0. The molecule has 132 valence electrons. The molecule has 0 saturated carbocycles. The number of hydrogen-bond donors (Lipinski definition) is 1. The smallest absolute Gasteiger partial charge is 0.414 e. The van der Waals surface area contributed by atoms with Crippen molar-refractivity contribution in [2.45, 2.75) is 45.3 Å². The highest BCUT2D eigenvalue weighted by atomic mass is 16.6. The van der Waals surface area contributed by atoms with E-state index in [1.165, 1.54) is 0 Å². The number of rotatable bonds is 4. The van der Waals surface area contributed by atoms with E-state index in [-0.39, 0.29) is 18.2 Å². The van der Waals surface area contributed by atoms with Crippen molar-refractivity contribution in [3.63, 3.8) is 0 Å². The van der Waals surface area contributed by atoms with E-state index in [1.807, 2.05) is 23.7 Å². The summed E-state index contributed by atoms with van der Waals surface area (Å²) in [6.45, 7) is 6.08. The third kappa shape index (κ3) is 3.11. The Morgan fingerprint density at radius 3 is 3.04 bits per heavy atom. The summed E-state index contributed by atoms with van der Waals surface area (Å²) in [5, 5.41) is 8.14. The lowest BCUT2D eigenvalue weighted by Crippen LogP contribution is -2.31. The molecule has 1 fully saturated rings. The minimum atomic E-state index is -0.270. The topological polar surface area (TPSA) is 72.3 Å². The highest BCUT2D eigenvalue weighted by Crippen LogP contribution is 2.28. The molecule has 0 bridgehead atoms. The quantitative estimate of drug-likeness (QED) is 0.926. The van der Waals surface area contributed by atoms with E-state index in [1.54, 1.807) is 4.90 Å². The van der Waals surface area contributed by atoms with Gasteiger partial charge in [-0.15, -0.1) is 0 Å². The second kappa shape index (κ2) is 6.48. The maximum atomic E-state index is 11.8. The zero-order valence-electron chi connectivity index (χ0n) is 14.6. The van der Waals surface area contributed by atoms with Crippen molar-refractivity contribution in [3.8, 4) is 0 Å². The molecular formula is C18H23N5O2. The molecule has 1 saturated heterocycles. The van der Waals surface area contributed by atoms with Crippen LogP contribution in [0.4, 0.5) is 10.5 Å². The van der Waals surface area contributed by atoms with Crippen molar-refractivity contribution in [2.24, 2.45) is 0 Å². The van der Waals surface area contributed by atoms with Crippen molar-refractivity contribution < 1.29 is 9.53 Å². The molecule has 1 aromatic carbocycles. The number of nitrogens with one attached hydrogen (secondary N) is 1. The maximum Gasteiger partial charge on any atom is 0.414 e. The zero-order chi connectivity index (χ0) is 17.4. The SMILES string of the molecule is Cc1nc2n(n1)CCC[C@H]2N[C@@H](C)c1cccc(N2CCOC2=O)c1. The average Bonchev–Trinajstić information content (AvgIpc) is 3.20. The molecule has 4 rings (SSSR count). The van der Waals surface area contributed by atoms with Crippen LogP contribution in [0.1, 0.15) is 49.1 Å². The number of carbonyl (C=O) groups excluding carboxylic acids is 1. The average molecular weight is 341 g/mol. The van der Waals surface area contributed by atoms with Gasteiger partial charge in [0.1, 0.15) is 18.3 Å². The lowest BCUT2D eigenvalue weighted by Gasteiger charge is -2.27. The van der Waals surface area contributed by atoms with Gasteiger partial charge in [0.2, 0.25) is 0 Å². The molecule has 7 nitrogen and oxygen atoms in total. The molecule has 3 heterocycles. The van der Waals surface area contributed by atoms with Crippen LogP contribution < -0.4 is 10.2 Å². The van der Waals surface area contributed by atoms with Crippen LogP contribution in [0.15, 0.2) is 24.3 Å². The molecule has 0 spiro atoms. The Morgan fingerprint density at radius 2 is 2.24 bits per heavy atom. The Morgan fingerprint density at radius 1 is 1.36 bits per heavy atom. The first-order valence-electron chi connectivity index (χ1n) is 8.83. The Kier molecular flexibility index (Phi) is 4.17. The molecule has 7 heteroatoms. The standard InChI is InChI=1S/C18H23N5O2/c1-12(19-16-7-4-8-23-17(16)20-13(2)21-23)14-5-3-6-15(11-14)22-9-10-25-18(22)24/h3,5-6,11-12,16,19H,4,7-10H2,1-2H3/t12-,16+/m0/s1. The van der Waals surface area contributed by atoms with Gasteiger partial charge in [0.15, 0.2) is 0 Å². The summed E-state index contributed by atoms with van der Waals surface area (Å²) in [6.07, 6.45) is 1.88. The number of hydrogen-bond acceptors (Lipinski definition) is 5. The first-order valence-corrected chi connectivity index (χ1v) is 8.83. The maximum absolute atomic E-state index is 11.8. The Labute approximate surface area is 147 Å². The van der Waals surface area contributed by atoms with Crippen LogP contribution in [-0.2, 0) is 11.3 Å². The summed E-state index contributed by atoms with van der Waals surface area (Å²) in [5.74, 6) is 1.85. The van der Waals surface area contributed by atoms with Crippen LogP contribution in [0.25, 0.3) is 0 Å². The summed E-state index contributed by atoms with van der Waals surface area (Å²) in [5.41, 5.74) is 2.03. The van der Waals surface area contributed by atoms with Crippen molar-refractivity contribution in [2.75, 3.05) is 18.1 Å². The molecule has 1 amide bonds. The molecule has 2 aliphatic heterocycles. The molecule has 2 aromatic rings. The Balaban J connectivity index is 1.52. The van der Waals surface area contributed by atoms with Crippen LogP contribution in [-0.4, -0.2) is 34.0 Å². The van der Waals surface area contributed by atoms with Crippen LogP contribution >= 0.6 is 0 Å². The van der Waals surface area contributed by atoms with Gasteiger partial charge in [-0.1, -0.05) is 12.1 Å². The largest absolute Gasteiger partial charge is 0.447 e. The number of benzene rings is 1. The number of nitrogens with zero attached hydrogens (tertiary/aromatic N) is 4. The Bertz CT molecular complexity index is 788. The number of carbonyl (C=O) groups is 1. The number of ether oxygens (including phenoxy) is 1. The third-order valence-electron chi connectivity index (χ3n) is 4.87. The van der Waals surface area contributed by atoms with Crippen LogP contribution in [0.3, 0.4) is 0 Å². The van der Waals surface area contributed by atoms with Gasteiger partial charge in [-0.05, 0) is 44.4 Å². The number of anilines is 1. The first kappa shape index (κ1) is 16.1. The van der Waals surface area contributed by atoms with Gasteiger partial charge < -0.3 is 10.1 Å². The summed E-state index contributed by atoms with van der Waals surface area (Å²) < 4.78 is 7.05. The van der Waals surface area contributed by atoms with E-state index in [0.717, 1.165) is 42.3 Å². The third-order valence-corrected chi connectivity index (χ3v) is 4.87. The normalized spacial score (nSPS) is 21.1. The lowest BCUT2D eigenvalue weighted by atomic mass is 10.0. The first-order chi connectivity index (χ1) is 12.1. The van der Waals surface area contributed by atoms with E-state index in [4.69, 9.17) is 4.74 Å². The molecule has 0 aliphatic carbocycles. The molecule has 2 aliphatic rings. The predicted octanol–water partition coefficient (Wildman–Crippen LogP) is 2.73. The van der Waals surface area contributed by atoms with E-state index in [9.17, 15) is 4.79 Å². The van der Waals surface area contributed by atoms with Gasteiger partial charge in [0.25, 0.3) is 0 Å². The van der Waals surface area contributed by atoms with Gasteiger partial charge in [-0.3, -0.25) is 4.90 Å². The van der Waals surface area contributed by atoms with E-state index >= 15 is 0 Å². The summed E-state index contributed by atoms with van der Waals surface area (Å²) in [7, 11) is 0. The summed E-state index contributed by atoms with van der Waals surface area (Å²) in [4.78, 5) is 18.0. The van der Waals surface area contributed by atoms with Crippen molar-refractivity contribution in [1.29, 1.82) is 0 Å². The number of fused-ring (bicyclic) bond motifs is 1. The lowest BCUT2D eigenvalue weighted by molar-refractivity contribution is 0.181. The molecule has 25 heavy (non-hydrogen) atoms. The molecule has 2 atom stereocenters.